The van der Waals surface area contributed by atoms with E-state index in [1.165, 1.54) is 0 Å². The number of aromatic nitrogens is 1. The van der Waals surface area contributed by atoms with E-state index in [9.17, 15) is 4.79 Å². The van der Waals surface area contributed by atoms with Crippen LogP contribution in [0.25, 0.3) is 0 Å². The Morgan fingerprint density at radius 1 is 1.50 bits per heavy atom. The fourth-order valence-corrected chi connectivity index (χ4v) is 1.48. The molecule has 0 saturated heterocycles. The van der Waals surface area contributed by atoms with Gasteiger partial charge in [0.2, 0.25) is 11.8 Å². The zero-order valence-electron chi connectivity index (χ0n) is 11.0. The minimum absolute atomic E-state index is 0.172. The molecule has 0 unspecified atom stereocenters. The lowest BCUT2D eigenvalue weighted by molar-refractivity contribution is -0.117. The first-order valence-corrected chi connectivity index (χ1v) is 6.32. The van der Waals surface area contributed by atoms with E-state index in [2.05, 4.69) is 17.2 Å². The van der Waals surface area contributed by atoms with Gasteiger partial charge in [-0.2, -0.15) is 0 Å². The van der Waals surface area contributed by atoms with Crippen molar-refractivity contribution in [2.45, 2.75) is 39.2 Å². The van der Waals surface area contributed by atoms with Gasteiger partial charge in [0.05, 0.1) is 24.5 Å². The molecule has 0 aliphatic carbocycles. The minimum atomic E-state index is -0.462. The van der Waals surface area contributed by atoms with Gasteiger partial charge in [0.15, 0.2) is 0 Å². The quantitative estimate of drug-likeness (QED) is 0.776. The molecule has 18 heavy (non-hydrogen) atoms. The van der Waals surface area contributed by atoms with E-state index in [-0.39, 0.29) is 5.91 Å². The zero-order valence-corrected chi connectivity index (χ0v) is 11.0. The summed E-state index contributed by atoms with van der Waals surface area (Å²) in [5.41, 5.74) is 6.41. The summed E-state index contributed by atoms with van der Waals surface area (Å²) in [6, 6.07) is 3.01. The summed E-state index contributed by atoms with van der Waals surface area (Å²) in [5, 5.41) is 2.74. The van der Waals surface area contributed by atoms with E-state index in [1.807, 2.05) is 6.92 Å². The van der Waals surface area contributed by atoms with Crippen LogP contribution in [0.2, 0.25) is 0 Å². The second-order valence-corrected chi connectivity index (χ2v) is 4.06. The average molecular weight is 251 g/mol. The lowest BCUT2D eigenvalue weighted by Crippen LogP contribution is -2.35. The number of pyridine rings is 1. The highest BCUT2D eigenvalue weighted by molar-refractivity contribution is 5.94. The first-order valence-electron chi connectivity index (χ1n) is 6.32. The maximum atomic E-state index is 11.7. The predicted molar refractivity (Wildman–Crippen MR) is 71.5 cm³/mol. The van der Waals surface area contributed by atoms with Crippen molar-refractivity contribution in [3.05, 3.63) is 18.3 Å². The second kappa shape index (κ2) is 7.66. The third-order valence-corrected chi connectivity index (χ3v) is 2.50. The Morgan fingerprint density at radius 2 is 2.28 bits per heavy atom. The smallest absolute Gasteiger partial charge is 0.241 e. The van der Waals surface area contributed by atoms with Gasteiger partial charge in [-0.15, -0.1) is 0 Å². The summed E-state index contributed by atoms with van der Waals surface area (Å²) in [7, 11) is 0. The normalized spacial score (nSPS) is 11.9. The van der Waals surface area contributed by atoms with Crippen LogP contribution in [0.3, 0.4) is 0 Å². The Kier molecular flexibility index (Phi) is 6.14. The van der Waals surface area contributed by atoms with Crippen LogP contribution in [0.4, 0.5) is 5.69 Å². The van der Waals surface area contributed by atoms with Crippen molar-refractivity contribution in [1.29, 1.82) is 0 Å². The van der Waals surface area contributed by atoms with Crippen molar-refractivity contribution in [1.82, 2.24) is 4.98 Å². The summed E-state index contributed by atoms with van der Waals surface area (Å²) < 4.78 is 5.22. The number of ether oxygens (including phenoxy) is 1. The summed E-state index contributed by atoms with van der Waals surface area (Å²) in [5.74, 6) is 0.375. The highest BCUT2D eigenvalue weighted by atomic mass is 16.5. The number of nitrogens with zero attached hydrogens (tertiary/aromatic N) is 1. The molecule has 1 atom stereocenters. The largest absolute Gasteiger partial charge is 0.478 e. The van der Waals surface area contributed by atoms with Gasteiger partial charge in [0, 0.05) is 6.07 Å². The lowest BCUT2D eigenvalue weighted by Gasteiger charge is -2.11. The van der Waals surface area contributed by atoms with Crippen molar-refractivity contribution in [3.63, 3.8) is 0 Å². The third-order valence-electron chi connectivity index (χ3n) is 2.50. The van der Waals surface area contributed by atoms with Gasteiger partial charge in [-0.05, 0) is 19.4 Å². The summed E-state index contributed by atoms with van der Waals surface area (Å²) >= 11 is 0. The Labute approximate surface area is 108 Å². The molecule has 0 aliphatic rings. The second-order valence-electron chi connectivity index (χ2n) is 4.06. The number of carbonyl (C=O) groups is 1. The molecular formula is C13H21N3O2. The molecule has 3 N–H and O–H groups in total. The molecule has 1 rings (SSSR count). The predicted octanol–water partition coefficient (Wildman–Crippen LogP) is 1.94. The fourth-order valence-electron chi connectivity index (χ4n) is 1.48. The number of amides is 1. The monoisotopic (exact) mass is 251 g/mol. The Morgan fingerprint density at radius 3 is 2.83 bits per heavy atom. The van der Waals surface area contributed by atoms with Crippen LogP contribution in [-0.2, 0) is 4.79 Å². The molecule has 0 saturated carbocycles. The fraction of sp³-hybridized carbons (Fsp3) is 0.538. The molecule has 0 fully saturated rings. The maximum Gasteiger partial charge on any atom is 0.241 e. The van der Waals surface area contributed by atoms with E-state index >= 15 is 0 Å². The van der Waals surface area contributed by atoms with Gasteiger partial charge < -0.3 is 15.8 Å². The molecule has 1 aromatic heterocycles. The van der Waals surface area contributed by atoms with Gasteiger partial charge in [-0.25, -0.2) is 4.98 Å². The van der Waals surface area contributed by atoms with E-state index in [0.717, 1.165) is 12.8 Å². The first kappa shape index (κ1) is 14.4. The van der Waals surface area contributed by atoms with Crippen LogP contribution in [0.1, 0.15) is 33.1 Å². The van der Waals surface area contributed by atoms with Crippen molar-refractivity contribution < 1.29 is 9.53 Å². The van der Waals surface area contributed by atoms with Crippen LogP contribution in [-0.4, -0.2) is 23.5 Å². The number of unbranched alkanes of at least 4 members (excludes halogenated alkanes) is 1. The van der Waals surface area contributed by atoms with E-state index < -0.39 is 6.04 Å². The number of hydrogen-bond acceptors (Lipinski definition) is 4. The maximum absolute atomic E-state index is 11.7. The average Bonchev–Trinajstić information content (AvgIpc) is 2.38. The molecule has 1 amide bonds. The molecular weight excluding hydrogens is 230 g/mol. The third kappa shape index (κ3) is 4.71. The lowest BCUT2D eigenvalue weighted by atomic mass is 10.1. The van der Waals surface area contributed by atoms with Crippen molar-refractivity contribution in [2.75, 3.05) is 11.9 Å². The van der Waals surface area contributed by atoms with E-state index in [0.29, 0.717) is 24.6 Å². The molecule has 0 bridgehead atoms. The molecule has 0 spiro atoms. The zero-order chi connectivity index (χ0) is 13.4. The topological polar surface area (TPSA) is 77.2 Å². The molecule has 0 aliphatic heterocycles. The number of nitrogens with two attached hydrogens (primary N) is 1. The summed E-state index contributed by atoms with van der Waals surface area (Å²) in [6.45, 7) is 4.53. The Bertz CT molecular complexity index is 365. The first-order chi connectivity index (χ1) is 8.67. The number of anilines is 1. The highest BCUT2D eigenvalue weighted by Gasteiger charge is 2.12. The van der Waals surface area contributed by atoms with Gasteiger partial charge in [-0.3, -0.25) is 4.79 Å². The van der Waals surface area contributed by atoms with Crippen LogP contribution in [0.5, 0.6) is 5.88 Å². The standard InChI is InChI=1S/C13H21N3O2/c1-3-5-6-11(14)13(17)16-10-7-8-12(15-9-10)18-4-2/h7-9,11H,3-6,14H2,1-2H3,(H,16,17)/t11-/m0/s1. The summed E-state index contributed by atoms with van der Waals surface area (Å²) in [6.07, 6.45) is 4.25. The molecule has 1 aromatic rings. The number of rotatable bonds is 7. The van der Waals surface area contributed by atoms with Crippen LogP contribution >= 0.6 is 0 Å². The van der Waals surface area contributed by atoms with E-state index in [1.54, 1.807) is 18.3 Å². The Hall–Kier alpha value is -1.62. The van der Waals surface area contributed by atoms with Crippen molar-refractivity contribution in [2.24, 2.45) is 5.73 Å². The van der Waals surface area contributed by atoms with Crippen LogP contribution < -0.4 is 15.8 Å². The van der Waals surface area contributed by atoms with Crippen LogP contribution in [0, 0.1) is 0 Å². The minimum Gasteiger partial charge on any atom is -0.478 e. The van der Waals surface area contributed by atoms with Gasteiger partial charge in [-0.1, -0.05) is 19.8 Å². The van der Waals surface area contributed by atoms with Crippen molar-refractivity contribution >= 4 is 11.6 Å². The molecule has 1 heterocycles. The van der Waals surface area contributed by atoms with Gasteiger partial charge in [0.25, 0.3) is 0 Å². The van der Waals surface area contributed by atoms with Gasteiger partial charge in [0.1, 0.15) is 0 Å². The molecule has 0 aromatic carbocycles. The van der Waals surface area contributed by atoms with Crippen molar-refractivity contribution in [3.8, 4) is 5.88 Å². The van der Waals surface area contributed by atoms with Crippen LogP contribution in [0.15, 0.2) is 18.3 Å². The highest BCUT2D eigenvalue weighted by Crippen LogP contribution is 2.12. The molecule has 0 radical (unpaired) electrons. The molecule has 5 nitrogen and oxygen atoms in total. The molecule has 100 valence electrons. The number of carbonyl (C=O) groups excluding carboxylic acids is 1. The Balaban J connectivity index is 2.48. The SMILES string of the molecule is CCCC[C@H](N)C(=O)Nc1ccc(OCC)nc1. The number of nitrogens with one attached hydrogen (secondary N) is 1. The molecule has 5 heteroatoms. The summed E-state index contributed by atoms with van der Waals surface area (Å²) in [4.78, 5) is 15.8. The van der Waals surface area contributed by atoms with E-state index in [4.69, 9.17) is 10.5 Å². The number of hydrogen-bond donors (Lipinski definition) is 2. The van der Waals surface area contributed by atoms with Gasteiger partial charge >= 0.3 is 0 Å².